The van der Waals surface area contributed by atoms with Gasteiger partial charge in [0.15, 0.2) is 6.61 Å². The van der Waals surface area contributed by atoms with E-state index in [2.05, 4.69) is 47.6 Å². The van der Waals surface area contributed by atoms with Gasteiger partial charge in [-0.05, 0) is 42.2 Å². The van der Waals surface area contributed by atoms with Crippen molar-refractivity contribution in [3.63, 3.8) is 0 Å². The Hall–Kier alpha value is -2.54. The van der Waals surface area contributed by atoms with Crippen molar-refractivity contribution in [1.29, 1.82) is 0 Å². The van der Waals surface area contributed by atoms with Gasteiger partial charge in [0, 0.05) is 10.0 Å². The number of hydrogen-bond acceptors (Lipinski definition) is 4. The lowest BCUT2D eigenvalue weighted by Crippen LogP contribution is -2.44. The molecule has 0 saturated carbocycles. The second kappa shape index (κ2) is 10.3. The quantitative estimate of drug-likeness (QED) is 0.598. The topological polar surface area (TPSA) is 76.7 Å². The number of benzene rings is 2. The maximum absolute atomic E-state index is 12.4. The van der Waals surface area contributed by atoms with Crippen LogP contribution in [-0.4, -0.2) is 25.0 Å². The maximum Gasteiger partial charge on any atom is 0.276 e. The summed E-state index contributed by atoms with van der Waals surface area (Å²) in [7, 11) is 0. The molecule has 2 rings (SSSR count). The average molecular weight is 463 g/mol. The second-order valence-corrected chi connectivity index (χ2v) is 8.44. The number of para-hydroxylation sites is 1. The molecule has 0 atom stereocenters. The first-order valence-corrected chi connectivity index (χ1v) is 10.3. The molecule has 0 bridgehead atoms. The van der Waals surface area contributed by atoms with E-state index in [0.717, 1.165) is 16.5 Å². The Morgan fingerprint density at radius 1 is 1.00 bits per heavy atom. The standard InChI is InChI=1S/C22H27BrN2O4/c1-5-12-28-18-9-7-6-8-16(18)21(27)25-24-20(26)14-29-19-11-10-15(23)13-17(19)22(2,3)4/h6-11,13H,5,12,14H2,1-4H3,(H,24,26)(H,25,27). The van der Waals surface area contributed by atoms with E-state index in [1.807, 2.05) is 25.1 Å². The van der Waals surface area contributed by atoms with Crippen molar-refractivity contribution in [1.82, 2.24) is 10.9 Å². The summed E-state index contributed by atoms with van der Waals surface area (Å²) in [6.07, 6.45) is 0.830. The molecule has 0 aromatic heterocycles. The molecule has 0 unspecified atom stereocenters. The molecule has 0 fully saturated rings. The van der Waals surface area contributed by atoms with E-state index in [4.69, 9.17) is 9.47 Å². The zero-order valence-electron chi connectivity index (χ0n) is 17.2. The molecule has 0 aliphatic rings. The largest absolute Gasteiger partial charge is 0.493 e. The number of rotatable bonds is 7. The molecule has 2 aromatic rings. The fraction of sp³-hybridized carbons (Fsp3) is 0.364. The fourth-order valence-electron chi connectivity index (χ4n) is 2.58. The molecule has 0 spiro atoms. The number of hydrogen-bond donors (Lipinski definition) is 2. The summed E-state index contributed by atoms with van der Waals surface area (Å²) >= 11 is 3.46. The number of hydrazine groups is 1. The van der Waals surface area contributed by atoms with Crippen LogP contribution in [0.4, 0.5) is 0 Å². The first-order valence-electron chi connectivity index (χ1n) is 9.46. The van der Waals surface area contributed by atoms with Crippen LogP contribution < -0.4 is 20.3 Å². The lowest BCUT2D eigenvalue weighted by molar-refractivity contribution is -0.123. The number of ether oxygens (including phenoxy) is 2. The van der Waals surface area contributed by atoms with E-state index in [1.54, 1.807) is 24.3 Å². The van der Waals surface area contributed by atoms with Gasteiger partial charge in [0.25, 0.3) is 11.8 Å². The first-order chi connectivity index (χ1) is 13.7. The molecule has 0 heterocycles. The highest BCUT2D eigenvalue weighted by molar-refractivity contribution is 9.10. The van der Waals surface area contributed by atoms with Crippen LogP contribution in [0.25, 0.3) is 0 Å². The molecule has 2 N–H and O–H groups in total. The van der Waals surface area contributed by atoms with E-state index in [0.29, 0.717) is 23.7 Å². The van der Waals surface area contributed by atoms with Crippen LogP contribution in [0.15, 0.2) is 46.9 Å². The van der Waals surface area contributed by atoms with E-state index in [9.17, 15) is 9.59 Å². The Morgan fingerprint density at radius 2 is 1.72 bits per heavy atom. The van der Waals surface area contributed by atoms with Crippen molar-refractivity contribution in [3.8, 4) is 11.5 Å². The summed E-state index contributed by atoms with van der Waals surface area (Å²) in [5.41, 5.74) is 5.96. The molecular weight excluding hydrogens is 436 g/mol. The molecule has 2 aromatic carbocycles. The van der Waals surface area contributed by atoms with Gasteiger partial charge in [0.2, 0.25) is 0 Å². The minimum Gasteiger partial charge on any atom is -0.493 e. The van der Waals surface area contributed by atoms with Gasteiger partial charge in [-0.2, -0.15) is 0 Å². The van der Waals surface area contributed by atoms with Crippen LogP contribution in [0.3, 0.4) is 0 Å². The van der Waals surface area contributed by atoms with E-state index < -0.39 is 11.8 Å². The number of carbonyl (C=O) groups is 2. The molecule has 0 radical (unpaired) electrons. The number of amides is 2. The molecule has 29 heavy (non-hydrogen) atoms. The van der Waals surface area contributed by atoms with Crippen molar-refractivity contribution < 1.29 is 19.1 Å². The summed E-state index contributed by atoms with van der Waals surface area (Å²) < 4.78 is 12.2. The Labute approximate surface area is 180 Å². The number of halogens is 1. The SMILES string of the molecule is CCCOc1ccccc1C(=O)NNC(=O)COc1ccc(Br)cc1C(C)(C)C. The maximum atomic E-state index is 12.4. The van der Waals surface area contributed by atoms with Gasteiger partial charge in [-0.25, -0.2) is 0 Å². The normalized spacial score (nSPS) is 10.9. The minimum atomic E-state index is -0.465. The summed E-state index contributed by atoms with van der Waals surface area (Å²) in [5, 5.41) is 0. The number of carbonyl (C=O) groups excluding carboxylic acids is 2. The van der Waals surface area contributed by atoms with Gasteiger partial charge in [-0.1, -0.05) is 55.8 Å². The van der Waals surface area contributed by atoms with Gasteiger partial charge in [0.05, 0.1) is 12.2 Å². The smallest absolute Gasteiger partial charge is 0.276 e. The predicted octanol–water partition coefficient (Wildman–Crippen LogP) is 4.38. The van der Waals surface area contributed by atoms with Gasteiger partial charge < -0.3 is 9.47 Å². The molecular formula is C22H27BrN2O4. The van der Waals surface area contributed by atoms with Gasteiger partial charge in [0.1, 0.15) is 11.5 Å². The molecule has 156 valence electrons. The van der Waals surface area contributed by atoms with E-state index in [-0.39, 0.29) is 12.0 Å². The average Bonchev–Trinajstić information content (AvgIpc) is 2.69. The molecule has 0 saturated heterocycles. The Morgan fingerprint density at radius 3 is 2.41 bits per heavy atom. The summed E-state index contributed by atoms with van der Waals surface area (Å²) in [5.74, 6) is 0.180. The van der Waals surface area contributed by atoms with Crippen LogP contribution in [0.1, 0.15) is 50.0 Å². The van der Waals surface area contributed by atoms with Crippen LogP contribution in [0.2, 0.25) is 0 Å². The molecule has 7 heteroatoms. The number of nitrogens with one attached hydrogen (secondary N) is 2. The van der Waals surface area contributed by atoms with Crippen LogP contribution in [0.5, 0.6) is 11.5 Å². The minimum absolute atomic E-state index is 0.147. The van der Waals surface area contributed by atoms with Crippen molar-refractivity contribution >= 4 is 27.7 Å². The first kappa shape index (κ1) is 22.7. The fourth-order valence-corrected chi connectivity index (χ4v) is 2.94. The highest BCUT2D eigenvalue weighted by Crippen LogP contribution is 2.33. The Balaban J connectivity index is 1.94. The zero-order chi connectivity index (χ0) is 21.4. The third kappa shape index (κ3) is 6.78. The lowest BCUT2D eigenvalue weighted by atomic mass is 9.86. The lowest BCUT2D eigenvalue weighted by Gasteiger charge is -2.23. The zero-order valence-corrected chi connectivity index (χ0v) is 18.8. The Bertz CT molecular complexity index is 862. The molecule has 2 amide bonds. The van der Waals surface area contributed by atoms with Crippen molar-refractivity contribution in [2.45, 2.75) is 39.5 Å². The van der Waals surface area contributed by atoms with Gasteiger partial charge >= 0.3 is 0 Å². The summed E-state index contributed by atoms with van der Waals surface area (Å²) in [6.45, 7) is 8.48. The van der Waals surface area contributed by atoms with Gasteiger partial charge in [-0.3, -0.25) is 20.4 Å². The molecule has 6 nitrogen and oxygen atoms in total. The van der Waals surface area contributed by atoms with Crippen molar-refractivity contribution in [3.05, 3.63) is 58.1 Å². The van der Waals surface area contributed by atoms with Crippen LogP contribution >= 0.6 is 15.9 Å². The van der Waals surface area contributed by atoms with Crippen LogP contribution in [0, 0.1) is 0 Å². The third-order valence-corrected chi connectivity index (χ3v) is 4.51. The second-order valence-electron chi connectivity index (χ2n) is 7.53. The van der Waals surface area contributed by atoms with Crippen LogP contribution in [-0.2, 0) is 10.2 Å². The highest BCUT2D eigenvalue weighted by Gasteiger charge is 2.20. The highest BCUT2D eigenvalue weighted by atomic mass is 79.9. The van der Waals surface area contributed by atoms with E-state index in [1.165, 1.54) is 0 Å². The molecule has 0 aliphatic carbocycles. The van der Waals surface area contributed by atoms with Crippen molar-refractivity contribution in [2.75, 3.05) is 13.2 Å². The summed E-state index contributed by atoms with van der Waals surface area (Å²) in [6, 6.07) is 12.5. The monoisotopic (exact) mass is 462 g/mol. The molecule has 0 aliphatic heterocycles. The van der Waals surface area contributed by atoms with E-state index >= 15 is 0 Å². The summed E-state index contributed by atoms with van der Waals surface area (Å²) in [4.78, 5) is 24.5. The predicted molar refractivity (Wildman–Crippen MR) is 116 cm³/mol. The third-order valence-electron chi connectivity index (χ3n) is 4.02. The van der Waals surface area contributed by atoms with Gasteiger partial charge in [-0.15, -0.1) is 0 Å². The Kier molecular flexibility index (Phi) is 8.08. The van der Waals surface area contributed by atoms with Crippen molar-refractivity contribution in [2.24, 2.45) is 0 Å².